The molecule has 250 valence electrons. The number of carbonyl (C=O) groups excluding carboxylic acids is 1. The second-order valence-electron chi connectivity index (χ2n) is 12.9. The van der Waals surface area contributed by atoms with E-state index in [2.05, 4.69) is 71.1 Å². The number of amides is 1. The fourth-order valence-electron chi connectivity index (χ4n) is 6.91. The molecule has 2 heterocycles. The quantitative estimate of drug-likeness (QED) is 0.164. The number of allylic oxidation sites excluding steroid dienone is 3. The second kappa shape index (κ2) is 15.0. The maximum atomic E-state index is 14.7. The van der Waals surface area contributed by atoms with E-state index < -0.39 is 17.2 Å². The largest absolute Gasteiger partial charge is 0.353 e. The standard InChI is InChI=1S/C40H43F2N3O2S/c1-3-28-12-14-30(15-13-28)31-16-20-40(21-17-31,27-43-37(47)24-29-18-22-44(4-2)23-19-29)45-35-11-6-5-9-33(35)36(46)25-38(45)48-26-32-8-7-10-34(41)39(32)42/h5-17,20,25,29H,3-4,18-19,21-24,26-27H2,1-2H3,(H,43,47). The van der Waals surface area contributed by atoms with Gasteiger partial charge in [-0.3, -0.25) is 9.59 Å². The summed E-state index contributed by atoms with van der Waals surface area (Å²) < 4.78 is 31.0. The molecule has 1 amide bonds. The smallest absolute Gasteiger partial charge is 0.220 e. The molecule has 3 aromatic carbocycles. The average molecular weight is 668 g/mol. The monoisotopic (exact) mass is 667 g/mol. The van der Waals surface area contributed by atoms with Gasteiger partial charge < -0.3 is 14.8 Å². The van der Waals surface area contributed by atoms with Gasteiger partial charge in [-0.15, -0.1) is 11.8 Å². The molecule has 1 unspecified atom stereocenters. The minimum atomic E-state index is -0.900. The van der Waals surface area contributed by atoms with Gasteiger partial charge >= 0.3 is 0 Å². The van der Waals surface area contributed by atoms with E-state index in [0.29, 0.717) is 35.7 Å². The number of halogens is 2. The molecule has 4 aromatic rings. The zero-order chi connectivity index (χ0) is 33.7. The Morgan fingerprint density at radius 3 is 2.48 bits per heavy atom. The van der Waals surface area contributed by atoms with E-state index in [1.807, 2.05) is 24.3 Å². The molecule has 1 aliphatic heterocycles. The first-order chi connectivity index (χ1) is 23.3. The van der Waals surface area contributed by atoms with Crippen molar-refractivity contribution >= 4 is 34.1 Å². The predicted octanol–water partition coefficient (Wildman–Crippen LogP) is 8.11. The van der Waals surface area contributed by atoms with Crippen molar-refractivity contribution in [3.05, 3.63) is 130 Å². The Morgan fingerprint density at radius 2 is 1.77 bits per heavy atom. The fourth-order valence-corrected chi connectivity index (χ4v) is 8.04. The lowest BCUT2D eigenvalue weighted by molar-refractivity contribution is -0.122. The first kappa shape index (κ1) is 33.9. The number of benzene rings is 3. The Balaban J connectivity index is 1.37. The zero-order valence-electron chi connectivity index (χ0n) is 27.7. The number of aromatic nitrogens is 1. The van der Waals surface area contributed by atoms with E-state index >= 15 is 0 Å². The van der Waals surface area contributed by atoms with Gasteiger partial charge in [0, 0.05) is 35.7 Å². The molecule has 1 fully saturated rings. The van der Waals surface area contributed by atoms with Gasteiger partial charge in [0.1, 0.15) is 0 Å². The van der Waals surface area contributed by atoms with Gasteiger partial charge in [-0.25, -0.2) is 8.78 Å². The number of nitrogens with zero attached hydrogens (tertiary/aromatic N) is 2. The lowest BCUT2D eigenvalue weighted by atomic mass is 9.85. The highest BCUT2D eigenvalue weighted by Crippen LogP contribution is 2.38. The first-order valence-corrected chi connectivity index (χ1v) is 18.0. The molecular weight excluding hydrogens is 625 g/mol. The third kappa shape index (κ3) is 7.35. The van der Waals surface area contributed by atoms with E-state index in [9.17, 15) is 18.4 Å². The van der Waals surface area contributed by atoms with Crippen LogP contribution in [-0.4, -0.2) is 41.6 Å². The van der Waals surface area contributed by atoms with Crippen LogP contribution in [0.3, 0.4) is 0 Å². The number of likely N-dealkylation sites (tertiary alicyclic amines) is 1. The summed E-state index contributed by atoms with van der Waals surface area (Å²) in [6.07, 6.45) is 10.5. The van der Waals surface area contributed by atoms with Crippen molar-refractivity contribution in [3.8, 4) is 0 Å². The topological polar surface area (TPSA) is 54.3 Å². The number of piperidine rings is 1. The van der Waals surface area contributed by atoms with Crippen LogP contribution in [0.2, 0.25) is 0 Å². The minimum Gasteiger partial charge on any atom is -0.353 e. The molecule has 0 bridgehead atoms. The van der Waals surface area contributed by atoms with E-state index in [1.54, 1.807) is 12.1 Å². The molecule has 2 aliphatic rings. The lowest BCUT2D eigenvalue weighted by Crippen LogP contribution is -2.46. The number of aryl methyl sites for hydroxylation is 1. The SMILES string of the molecule is CCc1ccc(C2=CCC(CNC(=O)CC3CCN(CC)CC3)(n3c(SCc4cccc(F)c4F)cc(=O)c4ccccc43)C=C2)cc1. The van der Waals surface area contributed by atoms with Crippen molar-refractivity contribution in [1.29, 1.82) is 0 Å². The van der Waals surface area contributed by atoms with Crippen molar-refractivity contribution in [2.45, 2.75) is 62.3 Å². The van der Waals surface area contributed by atoms with Crippen molar-refractivity contribution in [2.75, 3.05) is 26.2 Å². The van der Waals surface area contributed by atoms with Gasteiger partial charge in [0.25, 0.3) is 0 Å². The van der Waals surface area contributed by atoms with Crippen LogP contribution in [0.25, 0.3) is 16.5 Å². The van der Waals surface area contributed by atoms with Gasteiger partial charge in [0.2, 0.25) is 5.91 Å². The van der Waals surface area contributed by atoms with Gasteiger partial charge in [-0.2, -0.15) is 0 Å². The molecule has 0 saturated carbocycles. The van der Waals surface area contributed by atoms with Crippen LogP contribution in [0.15, 0.2) is 101 Å². The molecule has 6 rings (SSSR count). The maximum absolute atomic E-state index is 14.7. The molecule has 1 saturated heterocycles. The zero-order valence-corrected chi connectivity index (χ0v) is 28.5. The highest BCUT2D eigenvalue weighted by molar-refractivity contribution is 7.98. The average Bonchev–Trinajstić information content (AvgIpc) is 3.12. The third-order valence-corrected chi connectivity index (χ3v) is 11.0. The molecule has 1 atom stereocenters. The maximum Gasteiger partial charge on any atom is 0.220 e. The van der Waals surface area contributed by atoms with E-state index in [0.717, 1.165) is 61.6 Å². The molecule has 1 N–H and O–H groups in total. The Morgan fingerprint density at radius 1 is 1.00 bits per heavy atom. The Labute approximate surface area is 285 Å². The number of para-hydroxylation sites is 1. The summed E-state index contributed by atoms with van der Waals surface area (Å²) in [7, 11) is 0. The number of pyridine rings is 1. The molecule has 5 nitrogen and oxygen atoms in total. The Hall–Kier alpha value is -4.01. The van der Waals surface area contributed by atoms with Crippen molar-refractivity contribution < 1.29 is 13.6 Å². The number of hydrogen-bond donors (Lipinski definition) is 1. The summed E-state index contributed by atoms with van der Waals surface area (Å²) in [5, 5.41) is 4.46. The van der Waals surface area contributed by atoms with Crippen LogP contribution < -0.4 is 10.7 Å². The lowest BCUT2D eigenvalue weighted by Gasteiger charge is -2.38. The number of hydrogen-bond acceptors (Lipinski definition) is 4. The van der Waals surface area contributed by atoms with Crippen molar-refractivity contribution in [1.82, 2.24) is 14.8 Å². The van der Waals surface area contributed by atoms with Crippen molar-refractivity contribution in [2.24, 2.45) is 5.92 Å². The summed E-state index contributed by atoms with van der Waals surface area (Å²) in [6, 6.07) is 21.8. The highest BCUT2D eigenvalue weighted by atomic mass is 32.2. The van der Waals surface area contributed by atoms with Crippen LogP contribution in [0.1, 0.15) is 56.2 Å². The number of fused-ring (bicyclic) bond motifs is 1. The van der Waals surface area contributed by atoms with Gasteiger partial charge in [0.15, 0.2) is 17.1 Å². The van der Waals surface area contributed by atoms with E-state index in [1.165, 1.54) is 23.4 Å². The molecule has 0 spiro atoms. The Bertz CT molecular complexity index is 1890. The summed E-state index contributed by atoms with van der Waals surface area (Å²) in [5.74, 6) is -1.28. The fraction of sp³-hybridized carbons (Fsp3) is 0.350. The van der Waals surface area contributed by atoms with Gasteiger partial charge in [-0.05, 0) is 86.1 Å². The first-order valence-electron chi connectivity index (χ1n) is 17.0. The molecule has 8 heteroatoms. The van der Waals surface area contributed by atoms with E-state index in [-0.39, 0.29) is 22.7 Å². The highest BCUT2D eigenvalue weighted by Gasteiger charge is 2.35. The number of thioether (sulfide) groups is 1. The van der Waals surface area contributed by atoms with Gasteiger partial charge in [0.05, 0.1) is 16.1 Å². The van der Waals surface area contributed by atoms with Crippen LogP contribution >= 0.6 is 11.8 Å². The molecule has 48 heavy (non-hydrogen) atoms. The van der Waals surface area contributed by atoms with Crippen LogP contribution in [0.4, 0.5) is 8.78 Å². The summed E-state index contributed by atoms with van der Waals surface area (Å²) >= 11 is 1.29. The number of nitrogens with one attached hydrogen (secondary N) is 1. The van der Waals surface area contributed by atoms with Crippen LogP contribution in [0.5, 0.6) is 0 Å². The summed E-state index contributed by atoms with van der Waals surface area (Å²) in [6.45, 7) is 7.69. The number of rotatable bonds is 11. The van der Waals surface area contributed by atoms with Crippen LogP contribution in [0, 0.1) is 17.6 Å². The van der Waals surface area contributed by atoms with Gasteiger partial charge in [-0.1, -0.05) is 80.6 Å². The minimum absolute atomic E-state index is 0.0176. The Kier molecular flexibility index (Phi) is 10.6. The van der Waals surface area contributed by atoms with E-state index in [4.69, 9.17) is 0 Å². The second-order valence-corrected chi connectivity index (χ2v) is 13.9. The molecular formula is C40H43F2N3O2S. The van der Waals surface area contributed by atoms with Crippen LogP contribution in [-0.2, 0) is 22.5 Å². The third-order valence-electron chi connectivity index (χ3n) is 9.90. The molecule has 0 radical (unpaired) electrons. The molecule has 1 aromatic heterocycles. The summed E-state index contributed by atoms with van der Waals surface area (Å²) in [5.41, 5.74) is 3.51. The summed E-state index contributed by atoms with van der Waals surface area (Å²) in [4.78, 5) is 29.4. The van der Waals surface area contributed by atoms with Crippen molar-refractivity contribution in [3.63, 3.8) is 0 Å². The predicted molar refractivity (Wildman–Crippen MR) is 192 cm³/mol. The number of carbonyl (C=O) groups is 1. The molecule has 1 aliphatic carbocycles. The normalized spacial score (nSPS) is 18.6.